The number of hydrogen-bond acceptors (Lipinski definition) is 8. The second-order valence-corrected chi connectivity index (χ2v) is 10.2. The summed E-state index contributed by atoms with van der Waals surface area (Å²) in [5, 5.41) is 30.9. The topological polar surface area (TPSA) is 152 Å². The minimum atomic E-state index is -1.21. The highest BCUT2D eigenvalue weighted by Crippen LogP contribution is 2.36. The molecule has 2 heterocycles. The third-order valence-corrected chi connectivity index (χ3v) is 6.69. The summed E-state index contributed by atoms with van der Waals surface area (Å²) in [6, 6.07) is 3.18. The molecule has 6 N–H and O–H groups in total. The summed E-state index contributed by atoms with van der Waals surface area (Å²) in [5.74, 6) is -1.61. The standard InChI is InChI=1S/C22H25Cl2N5O5S/c1-10-7-26-22(27-8-10)29-15-5-17(35-11(15)2)21(34)25-9-18(30)28-16(6-19(31)32)13-3-12(23)4-14(24)20(13)33/h3-5,10,16,33H,6-9H2,1-2H3,(H,25,34)(H,28,30)(H,31,32)(H2,26,27,29)/t16-/m0/s1. The minimum Gasteiger partial charge on any atom is -0.506 e. The number of phenolic OH excluding ortho intramolecular Hbond substituents is 1. The maximum absolute atomic E-state index is 12.6. The van der Waals surface area contributed by atoms with E-state index in [-0.39, 0.29) is 21.4 Å². The lowest BCUT2D eigenvalue weighted by atomic mass is 10.0. The summed E-state index contributed by atoms with van der Waals surface area (Å²) in [6.45, 7) is 5.07. The molecule has 0 radical (unpaired) electrons. The zero-order valence-corrected chi connectivity index (χ0v) is 21.3. The van der Waals surface area contributed by atoms with E-state index in [1.165, 1.54) is 23.5 Å². The molecule has 188 valence electrons. The normalized spacial score (nSPS) is 16.0. The number of hydrogen-bond donors (Lipinski definition) is 6. The first-order valence-corrected chi connectivity index (χ1v) is 12.2. The molecular formula is C22H25Cl2N5O5S. The molecule has 0 aliphatic carbocycles. The fourth-order valence-corrected chi connectivity index (χ4v) is 4.73. The molecule has 0 fully saturated rings. The van der Waals surface area contributed by atoms with Gasteiger partial charge in [0, 0.05) is 28.6 Å². The van der Waals surface area contributed by atoms with Gasteiger partial charge in [-0.05, 0) is 31.0 Å². The zero-order valence-electron chi connectivity index (χ0n) is 18.9. The SMILES string of the molecule is Cc1sc(C(=O)NCC(=O)N[C@@H](CC(=O)O)c2cc(Cl)cc(Cl)c2O)cc1NC1=NCC(C)CN1. The Morgan fingerprint density at radius 1 is 1.29 bits per heavy atom. The van der Waals surface area contributed by atoms with E-state index >= 15 is 0 Å². The second-order valence-electron chi connectivity index (χ2n) is 8.11. The van der Waals surface area contributed by atoms with Crippen LogP contribution in [-0.2, 0) is 9.59 Å². The Morgan fingerprint density at radius 3 is 2.69 bits per heavy atom. The van der Waals surface area contributed by atoms with E-state index in [2.05, 4.69) is 33.2 Å². The number of rotatable bonds is 8. The van der Waals surface area contributed by atoms with E-state index in [0.717, 1.165) is 17.1 Å². The number of thiophene rings is 1. The Kier molecular flexibility index (Phi) is 8.82. The van der Waals surface area contributed by atoms with Crippen LogP contribution in [0, 0.1) is 12.8 Å². The van der Waals surface area contributed by atoms with Gasteiger partial charge in [0.05, 0.1) is 34.6 Å². The lowest BCUT2D eigenvalue weighted by Gasteiger charge is -2.20. The molecule has 10 nitrogen and oxygen atoms in total. The van der Waals surface area contributed by atoms with Crippen LogP contribution in [0.3, 0.4) is 0 Å². The van der Waals surface area contributed by atoms with Crippen molar-refractivity contribution in [2.45, 2.75) is 26.3 Å². The number of anilines is 1. The molecule has 1 unspecified atom stereocenters. The molecule has 3 rings (SSSR count). The van der Waals surface area contributed by atoms with Crippen molar-refractivity contribution < 1.29 is 24.6 Å². The van der Waals surface area contributed by atoms with E-state index in [0.29, 0.717) is 23.3 Å². The quantitative estimate of drug-likeness (QED) is 0.300. The summed E-state index contributed by atoms with van der Waals surface area (Å²) < 4.78 is 0. The highest BCUT2D eigenvalue weighted by molar-refractivity contribution is 7.14. The van der Waals surface area contributed by atoms with Gasteiger partial charge in [-0.3, -0.25) is 19.4 Å². The molecule has 2 aromatic rings. The van der Waals surface area contributed by atoms with Gasteiger partial charge in [0.25, 0.3) is 5.91 Å². The molecular weight excluding hydrogens is 517 g/mol. The Bertz CT molecular complexity index is 1170. The van der Waals surface area contributed by atoms with Crippen LogP contribution in [0.4, 0.5) is 5.69 Å². The number of aliphatic carboxylic acids is 1. The van der Waals surface area contributed by atoms with Crippen LogP contribution < -0.4 is 21.3 Å². The summed E-state index contributed by atoms with van der Waals surface area (Å²) >= 11 is 13.1. The number of phenols is 1. The maximum atomic E-state index is 12.6. The number of carbonyl (C=O) groups is 3. The molecule has 0 spiro atoms. The van der Waals surface area contributed by atoms with Gasteiger partial charge in [-0.2, -0.15) is 0 Å². The fourth-order valence-electron chi connectivity index (χ4n) is 3.33. The predicted molar refractivity (Wildman–Crippen MR) is 136 cm³/mol. The summed E-state index contributed by atoms with van der Waals surface area (Å²) in [6.07, 6.45) is -0.528. The number of aryl methyl sites for hydroxylation is 1. The van der Waals surface area contributed by atoms with Gasteiger partial charge < -0.3 is 31.5 Å². The van der Waals surface area contributed by atoms with Gasteiger partial charge in [0.2, 0.25) is 5.91 Å². The Balaban J connectivity index is 1.62. The van der Waals surface area contributed by atoms with E-state index < -0.39 is 36.8 Å². The van der Waals surface area contributed by atoms with Gasteiger partial charge in [-0.15, -0.1) is 11.3 Å². The zero-order chi connectivity index (χ0) is 25.7. The molecule has 35 heavy (non-hydrogen) atoms. The number of carboxylic acid groups (broad SMARTS) is 1. The van der Waals surface area contributed by atoms with Gasteiger partial charge in [0.1, 0.15) is 5.75 Å². The van der Waals surface area contributed by atoms with Crippen molar-refractivity contribution in [1.29, 1.82) is 0 Å². The first kappa shape index (κ1) is 26.6. The largest absolute Gasteiger partial charge is 0.506 e. The van der Waals surface area contributed by atoms with Crippen molar-refractivity contribution in [2.24, 2.45) is 10.9 Å². The van der Waals surface area contributed by atoms with Crippen LogP contribution in [0.15, 0.2) is 23.2 Å². The number of nitrogens with one attached hydrogen (secondary N) is 4. The van der Waals surface area contributed by atoms with Crippen LogP contribution in [0.1, 0.15) is 39.5 Å². The van der Waals surface area contributed by atoms with E-state index in [9.17, 15) is 24.6 Å². The van der Waals surface area contributed by atoms with Crippen LogP contribution in [0.25, 0.3) is 0 Å². The van der Waals surface area contributed by atoms with Gasteiger partial charge in [-0.1, -0.05) is 30.1 Å². The maximum Gasteiger partial charge on any atom is 0.305 e. The Hall–Kier alpha value is -3.02. The monoisotopic (exact) mass is 541 g/mol. The first-order valence-electron chi connectivity index (χ1n) is 10.7. The number of aromatic hydroxyl groups is 1. The van der Waals surface area contributed by atoms with Crippen molar-refractivity contribution in [1.82, 2.24) is 16.0 Å². The number of benzene rings is 1. The number of carbonyl (C=O) groups excluding carboxylic acids is 2. The van der Waals surface area contributed by atoms with E-state index in [1.807, 2.05) is 6.92 Å². The fraction of sp³-hybridized carbons (Fsp3) is 0.364. The molecule has 0 saturated carbocycles. The molecule has 1 aromatic carbocycles. The molecule has 2 amide bonds. The number of carboxylic acids is 1. The van der Waals surface area contributed by atoms with Crippen molar-refractivity contribution in [3.63, 3.8) is 0 Å². The van der Waals surface area contributed by atoms with Crippen LogP contribution in [0.2, 0.25) is 10.0 Å². The molecule has 1 aromatic heterocycles. The Labute approximate surface area is 215 Å². The number of amides is 2. The second kappa shape index (κ2) is 11.6. The van der Waals surface area contributed by atoms with Gasteiger partial charge in [-0.25, -0.2) is 0 Å². The summed E-state index contributed by atoms with van der Waals surface area (Å²) in [7, 11) is 0. The number of guanidine groups is 1. The smallest absolute Gasteiger partial charge is 0.305 e. The first-order chi connectivity index (χ1) is 16.5. The molecule has 0 saturated heterocycles. The molecule has 1 aliphatic heterocycles. The third kappa shape index (κ3) is 7.23. The lowest BCUT2D eigenvalue weighted by Crippen LogP contribution is -2.39. The van der Waals surface area contributed by atoms with Crippen LogP contribution in [-0.4, -0.2) is 53.6 Å². The molecule has 2 atom stereocenters. The number of nitrogens with zero attached hydrogens (tertiary/aromatic N) is 1. The van der Waals surface area contributed by atoms with Crippen molar-refractivity contribution in [3.8, 4) is 5.75 Å². The molecule has 0 bridgehead atoms. The minimum absolute atomic E-state index is 0.0582. The van der Waals surface area contributed by atoms with Gasteiger partial charge in [0.15, 0.2) is 5.96 Å². The van der Waals surface area contributed by atoms with E-state index in [1.54, 1.807) is 6.07 Å². The Morgan fingerprint density at radius 2 is 2.03 bits per heavy atom. The van der Waals surface area contributed by atoms with Crippen molar-refractivity contribution in [2.75, 3.05) is 25.0 Å². The van der Waals surface area contributed by atoms with Gasteiger partial charge >= 0.3 is 5.97 Å². The van der Waals surface area contributed by atoms with Crippen LogP contribution >= 0.6 is 34.5 Å². The van der Waals surface area contributed by atoms with Crippen molar-refractivity contribution >= 4 is 64.0 Å². The summed E-state index contributed by atoms with van der Waals surface area (Å²) in [4.78, 5) is 42.1. The molecule has 13 heteroatoms. The average molecular weight is 542 g/mol. The predicted octanol–water partition coefficient (Wildman–Crippen LogP) is 3.14. The van der Waals surface area contributed by atoms with E-state index in [4.69, 9.17) is 23.2 Å². The van der Waals surface area contributed by atoms with Crippen molar-refractivity contribution in [3.05, 3.63) is 43.6 Å². The molecule has 1 aliphatic rings. The summed E-state index contributed by atoms with van der Waals surface area (Å²) in [5.41, 5.74) is 0.794. The highest BCUT2D eigenvalue weighted by Gasteiger charge is 2.24. The highest BCUT2D eigenvalue weighted by atomic mass is 35.5. The third-order valence-electron chi connectivity index (χ3n) is 5.13. The lowest BCUT2D eigenvalue weighted by molar-refractivity contribution is -0.137. The number of aliphatic imine (C=N–C) groups is 1. The van der Waals surface area contributed by atoms with Crippen LogP contribution in [0.5, 0.6) is 5.75 Å². The average Bonchev–Trinajstić information content (AvgIpc) is 3.15. The number of halogens is 2.